The van der Waals surface area contributed by atoms with Crippen molar-refractivity contribution in [2.24, 2.45) is 0 Å². The molecule has 0 saturated heterocycles. The van der Waals surface area contributed by atoms with Gasteiger partial charge in [-0.05, 0) is 24.1 Å². The summed E-state index contributed by atoms with van der Waals surface area (Å²) in [5.74, 6) is -0.436. The van der Waals surface area contributed by atoms with Gasteiger partial charge in [0.05, 0.1) is 20.1 Å². The van der Waals surface area contributed by atoms with Gasteiger partial charge in [0.15, 0.2) is 0 Å². The summed E-state index contributed by atoms with van der Waals surface area (Å²) >= 11 is 0. The quantitative estimate of drug-likeness (QED) is 0.520. The molecule has 0 saturated carbocycles. The Kier molecular flexibility index (Phi) is 7.03. The number of methoxy groups -OCH3 is 1. The van der Waals surface area contributed by atoms with Crippen LogP contribution < -0.4 is 4.74 Å². The smallest absolute Gasteiger partial charge is 0.497 e. The van der Waals surface area contributed by atoms with Crippen molar-refractivity contribution < 1.29 is 35.4 Å². The summed E-state index contributed by atoms with van der Waals surface area (Å²) in [6.07, 6.45) is 0.504. The molecule has 0 bridgehead atoms. The highest BCUT2D eigenvalue weighted by Gasteiger charge is 2.49. The minimum atomic E-state index is -5.90. The third kappa shape index (κ3) is 5.68. The number of carbonyl (C=O) groups is 1. The molecule has 0 aliphatic carbocycles. The molecule has 6 nitrogen and oxygen atoms in total. The predicted octanol–water partition coefficient (Wildman–Crippen LogP) is 2.65. The van der Waals surface area contributed by atoms with Crippen molar-refractivity contribution in [3.05, 3.63) is 29.8 Å². The number of benzene rings is 1. The van der Waals surface area contributed by atoms with E-state index in [0.717, 1.165) is 0 Å². The molecule has 0 atom stereocenters. The van der Waals surface area contributed by atoms with E-state index in [2.05, 4.69) is 4.28 Å². The SMILES string of the molecule is CCCCN(OS(=O)(=O)C(F)(F)F)C(=O)Cc1cccc(OC)c1. The van der Waals surface area contributed by atoms with Crippen LogP contribution in [0.4, 0.5) is 13.2 Å². The summed E-state index contributed by atoms with van der Waals surface area (Å²) in [5.41, 5.74) is -5.15. The van der Waals surface area contributed by atoms with Gasteiger partial charge in [-0.2, -0.15) is 21.6 Å². The average molecular weight is 369 g/mol. The normalized spacial score (nSPS) is 12.0. The fourth-order valence-electron chi connectivity index (χ4n) is 1.71. The summed E-state index contributed by atoms with van der Waals surface area (Å²) in [6.45, 7) is 1.47. The maximum atomic E-state index is 12.4. The van der Waals surface area contributed by atoms with Crippen LogP contribution in [0, 0.1) is 0 Å². The zero-order chi connectivity index (χ0) is 18.4. The van der Waals surface area contributed by atoms with Crippen LogP contribution in [0.2, 0.25) is 0 Å². The van der Waals surface area contributed by atoms with Gasteiger partial charge in [0, 0.05) is 0 Å². The van der Waals surface area contributed by atoms with Crippen molar-refractivity contribution in [3.8, 4) is 5.75 Å². The second-order valence-electron chi connectivity index (χ2n) is 4.85. The minimum Gasteiger partial charge on any atom is -0.497 e. The lowest BCUT2D eigenvalue weighted by Gasteiger charge is -2.21. The van der Waals surface area contributed by atoms with Crippen LogP contribution in [-0.2, 0) is 25.6 Å². The van der Waals surface area contributed by atoms with E-state index >= 15 is 0 Å². The van der Waals surface area contributed by atoms with Crippen LogP contribution in [0.3, 0.4) is 0 Å². The van der Waals surface area contributed by atoms with Gasteiger partial charge >= 0.3 is 15.6 Å². The second kappa shape index (κ2) is 8.34. The first kappa shape index (κ1) is 20.2. The van der Waals surface area contributed by atoms with Crippen LogP contribution in [0.25, 0.3) is 0 Å². The van der Waals surface area contributed by atoms with Crippen LogP contribution in [0.5, 0.6) is 5.75 Å². The van der Waals surface area contributed by atoms with E-state index in [4.69, 9.17) is 4.74 Å². The van der Waals surface area contributed by atoms with Gasteiger partial charge in [-0.1, -0.05) is 25.5 Å². The standard InChI is InChI=1S/C14H18F3NO5S/c1-3-4-8-18(23-24(20,21)14(15,16)17)13(19)10-11-6-5-7-12(9-11)22-2/h5-7,9H,3-4,8,10H2,1-2H3. The Hall–Kier alpha value is -1.81. The zero-order valence-corrected chi connectivity index (χ0v) is 14.0. The summed E-state index contributed by atoms with van der Waals surface area (Å²) in [5, 5.41) is 0.242. The molecule has 0 aliphatic heterocycles. The summed E-state index contributed by atoms with van der Waals surface area (Å²) < 4.78 is 68.5. The van der Waals surface area contributed by atoms with Gasteiger partial charge in [-0.15, -0.1) is 4.28 Å². The number of alkyl halides is 3. The van der Waals surface area contributed by atoms with Crippen LogP contribution in [-0.4, -0.2) is 38.6 Å². The molecule has 1 aromatic rings. The number of amides is 1. The molecule has 0 aliphatic rings. The number of hydrogen-bond donors (Lipinski definition) is 0. The topological polar surface area (TPSA) is 72.9 Å². The van der Waals surface area contributed by atoms with Gasteiger partial charge in [0.2, 0.25) is 0 Å². The van der Waals surface area contributed by atoms with Gasteiger partial charge in [-0.3, -0.25) is 4.79 Å². The molecule has 10 heteroatoms. The average Bonchev–Trinajstić information content (AvgIpc) is 2.50. The first-order valence-electron chi connectivity index (χ1n) is 7.05. The molecule has 24 heavy (non-hydrogen) atoms. The Balaban J connectivity index is 2.92. The number of halogens is 3. The van der Waals surface area contributed by atoms with E-state index in [1.165, 1.54) is 13.2 Å². The molecule has 1 amide bonds. The van der Waals surface area contributed by atoms with Gasteiger partial charge in [0.25, 0.3) is 5.91 Å². The van der Waals surface area contributed by atoms with E-state index in [1.54, 1.807) is 25.1 Å². The Labute approximate surface area is 138 Å². The fourth-order valence-corrected chi connectivity index (χ4v) is 2.19. The molecule has 0 fully saturated rings. The van der Waals surface area contributed by atoms with Gasteiger partial charge in [0.1, 0.15) is 5.75 Å². The van der Waals surface area contributed by atoms with E-state index in [1.807, 2.05) is 0 Å². The maximum Gasteiger partial charge on any atom is 0.525 e. The van der Waals surface area contributed by atoms with Crippen molar-refractivity contribution in [2.45, 2.75) is 31.7 Å². The molecular weight excluding hydrogens is 351 g/mol. The number of ether oxygens (including phenoxy) is 1. The molecule has 0 N–H and O–H groups in total. The molecule has 1 rings (SSSR count). The van der Waals surface area contributed by atoms with Crippen LogP contribution >= 0.6 is 0 Å². The Morgan fingerprint density at radius 2 is 1.96 bits per heavy atom. The monoisotopic (exact) mass is 369 g/mol. The van der Waals surface area contributed by atoms with Crippen molar-refractivity contribution in [1.29, 1.82) is 0 Å². The van der Waals surface area contributed by atoms with Crippen LogP contribution in [0.15, 0.2) is 24.3 Å². The molecular formula is C14H18F3NO5S. The highest BCUT2D eigenvalue weighted by atomic mass is 32.2. The summed E-state index contributed by atoms with van der Waals surface area (Å²) in [4.78, 5) is 12.2. The highest BCUT2D eigenvalue weighted by Crippen LogP contribution is 2.26. The van der Waals surface area contributed by atoms with E-state index in [-0.39, 0.29) is 24.4 Å². The largest absolute Gasteiger partial charge is 0.525 e. The first-order valence-corrected chi connectivity index (χ1v) is 8.45. The van der Waals surface area contributed by atoms with Crippen molar-refractivity contribution >= 4 is 16.0 Å². The number of rotatable bonds is 8. The number of unbranched alkanes of at least 4 members (excludes halogenated alkanes) is 1. The molecule has 1 aromatic carbocycles. The summed E-state index contributed by atoms with van der Waals surface area (Å²) in [7, 11) is -4.47. The highest BCUT2D eigenvalue weighted by molar-refractivity contribution is 7.87. The fraction of sp³-hybridized carbons (Fsp3) is 0.500. The van der Waals surface area contributed by atoms with Crippen molar-refractivity contribution in [1.82, 2.24) is 5.06 Å². The molecule has 0 spiro atoms. The van der Waals surface area contributed by atoms with E-state index in [0.29, 0.717) is 17.7 Å². The first-order chi connectivity index (χ1) is 11.1. The number of hydrogen-bond acceptors (Lipinski definition) is 5. The number of nitrogens with zero attached hydrogens (tertiary/aromatic N) is 1. The molecule has 0 unspecified atom stereocenters. The third-order valence-electron chi connectivity index (χ3n) is 2.95. The Morgan fingerprint density at radius 3 is 2.50 bits per heavy atom. The number of hydroxylamine groups is 2. The van der Waals surface area contributed by atoms with Crippen LogP contribution in [0.1, 0.15) is 25.3 Å². The third-order valence-corrected chi connectivity index (χ3v) is 3.90. The summed E-state index contributed by atoms with van der Waals surface area (Å²) in [6, 6.07) is 6.32. The lowest BCUT2D eigenvalue weighted by atomic mass is 10.1. The molecule has 0 radical (unpaired) electrons. The molecule has 136 valence electrons. The van der Waals surface area contributed by atoms with E-state index < -0.39 is 21.5 Å². The van der Waals surface area contributed by atoms with E-state index in [9.17, 15) is 26.4 Å². The predicted molar refractivity (Wildman–Crippen MR) is 79.4 cm³/mol. The van der Waals surface area contributed by atoms with Crippen molar-refractivity contribution in [3.63, 3.8) is 0 Å². The minimum absolute atomic E-state index is 0.242. The maximum absolute atomic E-state index is 12.4. The lowest BCUT2D eigenvalue weighted by molar-refractivity contribution is -0.160. The zero-order valence-electron chi connectivity index (χ0n) is 13.2. The second-order valence-corrected chi connectivity index (χ2v) is 6.37. The lowest BCUT2D eigenvalue weighted by Crippen LogP contribution is -2.39. The Bertz CT molecular complexity index is 661. The van der Waals surface area contributed by atoms with Gasteiger partial charge < -0.3 is 4.74 Å². The molecule has 0 aromatic heterocycles. The van der Waals surface area contributed by atoms with Crippen molar-refractivity contribution in [2.75, 3.05) is 13.7 Å². The Morgan fingerprint density at radius 1 is 1.29 bits per heavy atom. The van der Waals surface area contributed by atoms with Gasteiger partial charge in [-0.25, -0.2) is 5.06 Å². The molecule has 0 heterocycles. The number of carbonyl (C=O) groups excluding carboxylic acids is 1.